The van der Waals surface area contributed by atoms with Crippen LogP contribution >= 0.6 is 11.3 Å². The van der Waals surface area contributed by atoms with Crippen molar-refractivity contribution in [3.8, 4) is 0 Å². The van der Waals surface area contributed by atoms with Gasteiger partial charge < -0.3 is 10.6 Å². The fourth-order valence-electron chi connectivity index (χ4n) is 3.65. The molecule has 0 saturated carbocycles. The normalized spacial score (nSPS) is 15.4. The lowest BCUT2D eigenvalue weighted by Crippen LogP contribution is -2.38. The van der Waals surface area contributed by atoms with Gasteiger partial charge in [-0.2, -0.15) is 0 Å². The summed E-state index contributed by atoms with van der Waals surface area (Å²) in [6.07, 6.45) is 8.02. The van der Waals surface area contributed by atoms with Gasteiger partial charge in [-0.25, -0.2) is 9.98 Å². The van der Waals surface area contributed by atoms with Crippen LogP contribution in [0.2, 0.25) is 0 Å². The minimum Gasteiger partial charge on any atom is -0.357 e. The molecule has 1 aliphatic rings. The van der Waals surface area contributed by atoms with E-state index in [1.807, 2.05) is 17.5 Å². The lowest BCUT2D eigenvalue weighted by Gasteiger charge is -2.27. The van der Waals surface area contributed by atoms with Crippen LogP contribution in [0.4, 0.5) is 0 Å². The van der Waals surface area contributed by atoms with Crippen LogP contribution in [0.1, 0.15) is 54.1 Å². The topological polar surface area (TPSA) is 52.6 Å². The van der Waals surface area contributed by atoms with Gasteiger partial charge in [0, 0.05) is 37.1 Å². The Bertz CT molecular complexity index is 764. The predicted octanol–water partition coefficient (Wildman–Crippen LogP) is 3.99. The minimum absolute atomic E-state index is 0.705. The number of likely N-dealkylation sites (tertiary alicyclic amines) is 1. The maximum Gasteiger partial charge on any atom is 0.191 e. The van der Waals surface area contributed by atoms with E-state index in [4.69, 9.17) is 4.99 Å². The average molecular weight is 414 g/mol. The van der Waals surface area contributed by atoms with E-state index < -0.39 is 0 Å². The summed E-state index contributed by atoms with van der Waals surface area (Å²) >= 11 is 1.81. The highest BCUT2D eigenvalue weighted by Crippen LogP contribution is 2.17. The number of nitrogens with zero attached hydrogens (tertiary/aromatic N) is 3. The summed E-state index contributed by atoms with van der Waals surface area (Å²) in [7, 11) is 0. The molecule has 158 valence electrons. The Morgan fingerprint density at radius 3 is 2.62 bits per heavy atom. The zero-order chi connectivity index (χ0) is 20.3. The van der Waals surface area contributed by atoms with Crippen molar-refractivity contribution in [2.45, 2.75) is 59.0 Å². The van der Waals surface area contributed by atoms with Crippen molar-refractivity contribution in [2.75, 3.05) is 26.2 Å². The Morgan fingerprint density at radius 2 is 1.90 bits per heavy atom. The molecule has 2 heterocycles. The summed E-state index contributed by atoms with van der Waals surface area (Å²) in [5, 5.41) is 8.02. The third-order valence-electron chi connectivity index (χ3n) is 5.29. The first-order chi connectivity index (χ1) is 14.3. The molecule has 0 aliphatic carbocycles. The highest BCUT2D eigenvalue weighted by atomic mass is 32.1. The molecule has 0 amide bonds. The number of aromatic nitrogens is 1. The number of nitrogens with one attached hydrogen (secondary N) is 2. The van der Waals surface area contributed by atoms with Gasteiger partial charge in [0.05, 0.1) is 11.6 Å². The fraction of sp³-hybridized carbons (Fsp3) is 0.565. The zero-order valence-electron chi connectivity index (χ0n) is 17.9. The van der Waals surface area contributed by atoms with E-state index in [1.165, 1.54) is 53.4 Å². The van der Waals surface area contributed by atoms with Gasteiger partial charge >= 0.3 is 0 Å². The molecule has 1 fully saturated rings. The van der Waals surface area contributed by atoms with Gasteiger partial charge in [-0.1, -0.05) is 37.6 Å². The summed E-state index contributed by atoms with van der Waals surface area (Å²) < 4.78 is 0. The quantitative estimate of drug-likeness (QED) is 0.482. The van der Waals surface area contributed by atoms with Gasteiger partial charge in [0.2, 0.25) is 0 Å². The van der Waals surface area contributed by atoms with Crippen LogP contribution < -0.4 is 10.6 Å². The number of aryl methyl sites for hydroxylation is 1. The minimum atomic E-state index is 0.705. The van der Waals surface area contributed by atoms with E-state index in [9.17, 15) is 0 Å². The molecule has 0 radical (unpaired) electrons. The van der Waals surface area contributed by atoms with Gasteiger partial charge in [-0.3, -0.25) is 4.90 Å². The first-order valence-electron chi connectivity index (χ1n) is 11.0. The molecule has 1 saturated heterocycles. The van der Waals surface area contributed by atoms with Crippen LogP contribution in [-0.4, -0.2) is 42.0 Å². The van der Waals surface area contributed by atoms with Crippen molar-refractivity contribution in [3.63, 3.8) is 0 Å². The summed E-state index contributed by atoms with van der Waals surface area (Å²) in [5.41, 5.74) is 2.73. The Labute approximate surface area is 179 Å². The van der Waals surface area contributed by atoms with Gasteiger partial charge in [0.25, 0.3) is 0 Å². The first kappa shape index (κ1) is 21.8. The molecule has 0 unspecified atom stereocenters. The van der Waals surface area contributed by atoms with Gasteiger partial charge in [0.15, 0.2) is 5.96 Å². The van der Waals surface area contributed by atoms with E-state index in [-0.39, 0.29) is 0 Å². The second-order valence-electron chi connectivity index (χ2n) is 7.55. The molecule has 0 spiro atoms. The number of guanidine groups is 1. The molecule has 2 aromatic rings. The number of piperidine rings is 1. The summed E-state index contributed by atoms with van der Waals surface area (Å²) in [4.78, 5) is 13.3. The smallest absolute Gasteiger partial charge is 0.191 e. The lowest BCUT2D eigenvalue weighted by atomic mass is 10.1. The van der Waals surface area contributed by atoms with Crippen LogP contribution in [0.3, 0.4) is 0 Å². The van der Waals surface area contributed by atoms with E-state index in [1.54, 1.807) is 0 Å². The SMILES string of the molecule is CCNC(=NCc1ccccc1CN1CCCCC1)NCCc1ncc(CC)s1. The molecule has 0 bridgehead atoms. The zero-order valence-corrected chi connectivity index (χ0v) is 18.7. The van der Waals surface area contributed by atoms with E-state index in [0.29, 0.717) is 6.54 Å². The van der Waals surface area contributed by atoms with Gasteiger partial charge in [-0.15, -0.1) is 11.3 Å². The van der Waals surface area contributed by atoms with Crippen molar-refractivity contribution in [3.05, 3.63) is 51.5 Å². The fourth-order valence-corrected chi connectivity index (χ4v) is 4.51. The first-order valence-corrected chi connectivity index (χ1v) is 11.8. The molecule has 2 N–H and O–H groups in total. The van der Waals surface area contributed by atoms with Crippen LogP contribution in [-0.2, 0) is 25.9 Å². The third kappa shape index (κ3) is 7.12. The lowest BCUT2D eigenvalue weighted by molar-refractivity contribution is 0.220. The molecular formula is C23H35N5S. The molecule has 3 rings (SSSR count). The molecule has 0 atom stereocenters. The number of rotatable bonds is 9. The summed E-state index contributed by atoms with van der Waals surface area (Å²) in [5.74, 6) is 0.882. The van der Waals surface area contributed by atoms with Crippen LogP contribution in [0.5, 0.6) is 0 Å². The van der Waals surface area contributed by atoms with Crippen molar-refractivity contribution < 1.29 is 0 Å². The number of hydrogen-bond acceptors (Lipinski definition) is 4. The van der Waals surface area contributed by atoms with Gasteiger partial charge in [-0.05, 0) is 50.4 Å². The largest absolute Gasteiger partial charge is 0.357 e. The number of hydrogen-bond donors (Lipinski definition) is 2. The summed E-state index contributed by atoms with van der Waals surface area (Å²) in [6.45, 7) is 10.2. The standard InChI is InChI=1S/C23H35N5S/c1-3-21-17-26-22(29-21)12-13-25-23(24-4-2)27-16-19-10-6-7-11-20(19)18-28-14-8-5-9-15-28/h6-7,10-11,17H,3-5,8-9,12-16,18H2,1-2H3,(H2,24,25,27). The van der Waals surface area contributed by atoms with Crippen molar-refractivity contribution in [1.29, 1.82) is 0 Å². The summed E-state index contributed by atoms with van der Waals surface area (Å²) in [6, 6.07) is 8.75. The van der Waals surface area contributed by atoms with Gasteiger partial charge in [0.1, 0.15) is 0 Å². The number of benzene rings is 1. The Hall–Kier alpha value is -1.92. The number of aliphatic imine (C=N–C) groups is 1. The molecule has 6 heteroatoms. The molecule has 1 aliphatic heterocycles. The maximum atomic E-state index is 4.85. The van der Waals surface area contributed by atoms with Crippen LogP contribution in [0, 0.1) is 0 Å². The molecule has 29 heavy (non-hydrogen) atoms. The molecule has 1 aromatic carbocycles. The number of thiazole rings is 1. The van der Waals surface area contributed by atoms with E-state index >= 15 is 0 Å². The maximum absolute atomic E-state index is 4.85. The van der Waals surface area contributed by atoms with Crippen molar-refractivity contribution in [1.82, 2.24) is 20.5 Å². The predicted molar refractivity (Wildman–Crippen MR) is 124 cm³/mol. The monoisotopic (exact) mass is 413 g/mol. The van der Waals surface area contributed by atoms with Crippen LogP contribution in [0.25, 0.3) is 0 Å². The second kappa shape index (κ2) is 11.9. The second-order valence-corrected chi connectivity index (χ2v) is 8.75. The third-order valence-corrected chi connectivity index (χ3v) is 6.50. The van der Waals surface area contributed by atoms with Crippen molar-refractivity contribution in [2.24, 2.45) is 4.99 Å². The van der Waals surface area contributed by atoms with Crippen LogP contribution in [0.15, 0.2) is 35.5 Å². The van der Waals surface area contributed by atoms with E-state index in [2.05, 4.69) is 58.6 Å². The average Bonchev–Trinajstić information content (AvgIpc) is 3.22. The van der Waals surface area contributed by atoms with Crippen molar-refractivity contribution >= 4 is 17.3 Å². The highest BCUT2D eigenvalue weighted by molar-refractivity contribution is 7.11. The Morgan fingerprint density at radius 1 is 1.10 bits per heavy atom. The molecule has 5 nitrogen and oxygen atoms in total. The highest BCUT2D eigenvalue weighted by Gasteiger charge is 2.12. The Balaban J connectivity index is 1.56. The molecule has 1 aromatic heterocycles. The Kier molecular flexibility index (Phi) is 8.96. The van der Waals surface area contributed by atoms with E-state index in [0.717, 1.165) is 38.4 Å². The molecular weight excluding hydrogens is 378 g/mol.